The zero-order chi connectivity index (χ0) is 19.1. The van der Waals surface area contributed by atoms with Crippen LogP contribution >= 0.6 is 0 Å². The van der Waals surface area contributed by atoms with E-state index in [1.807, 2.05) is 6.07 Å². The summed E-state index contributed by atoms with van der Waals surface area (Å²) < 4.78 is 10.4. The topological polar surface area (TPSA) is 93.5 Å². The van der Waals surface area contributed by atoms with Crippen LogP contribution in [-0.2, 0) is 9.59 Å². The number of furan rings is 1. The van der Waals surface area contributed by atoms with E-state index in [0.29, 0.717) is 22.7 Å². The number of fused-ring (bicyclic) bond motifs is 1. The lowest BCUT2D eigenvalue weighted by Gasteiger charge is -2.11. The fourth-order valence-electron chi connectivity index (χ4n) is 2.54. The number of aromatic nitrogens is 1. The molecule has 3 aromatic rings. The summed E-state index contributed by atoms with van der Waals surface area (Å²) >= 11 is 0. The molecule has 0 aliphatic rings. The van der Waals surface area contributed by atoms with E-state index >= 15 is 0 Å². The minimum absolute atomic E-state index is 0.147. The number of rotatable bonds is 7. The van der Waals surface area contributed by atoms with Gasteiger partial charge in [-0.1, -0.05) is 0 Å². The molecule has 3 rings (SSSR count). The third-order valence-electron chi connectivity index (χ3n) is 3.82. The molecule has 2 N–H and O–H groups in total. The first-order valence-corrected chi connectivity index (χ1v) is 8.38. The second kappa shape index (κ2) is 8.66. The zero-order valence-electron chi connectivity index (χ0n) is 14.8. The molecule has 0 aliphatic heterocycles. The van der Waals surface area contributed by atoms with Crippen LogP contribution < -0.4 is 15.4 Å². The molecule has 2 amide bonds. The lowest BCUT2D eigenvalue weighted by molar-refractivity contribution is -0.117. The van der Waals surface area contributed by atoms with Crippen molar-refractivity contribution in [1.82, 2.24) is 10.3 Å². The van der Waals surface area contributed by atoms with Gasteiger partial charge in [0.15, 0.2) is 0 Å². The Balaban J connectivity index is 1.54. The van der Waals surface area contributed by atoms with Gasteiger partial charge in [-0.25, -0.2) is 0 Å². The van der Waals surface area contributed by atoms with Crippen LogP contribution in [0.25, 0.3) is 17.0 Å². The Hall–Kier alpha value is -3.61. The average molecular weight is 365 g/mol. The maximum absolute atomic E-state index is 12.2. The summed E-state index contributed by atoms with van der Waals surface area (Å²) in [7, 11) is 1.57. The number of pyridine rings is 1. The molecule has 0 atom stereocenters. The predicted octanol–water partition coefficient (Wildman–Crippen LogP) is 2.99. The highest BCUT2D eigenvalue weighted by Crippen LogP contribution is 2.29. The number of carbonyl (C=O) groups excluding carboxylic acids is 2. The number of nitrogens with one attached hydrogen (secondary N) is 2. The number of anilines is 1. The first-order chi connectivity index (χ1) is 13.2. The molecule has 7 nitrogen and oxygen atoms in total. The van der Waals surface area contributed by atoms with E-state index in [1.165, 1.54) is 12.3 Å². The van der Waals surface area contributed by atoms with Crippen LogP contribution in [0.3, 0.4) is 0 Å². The van der Waals surface area contributed by atoms with E-state index < -0.39 is 0 Å². The summed E-state index contributed by atoms with van der Waals surface area (Å²) in [4.78, 5) is 28.2. The molecule has 138 valence electrons. The van der Waals surface area contributed by atoms with Crippen LogP contribution in [0.1, 0.15) is 12.2 Å². The highest BCUT2D eigenvalue weighted by Gasteiger charge is 2.10. The summed E-state index contributed by atoms with van der Waals surface area (Å²) in [6.07, 6.45) is 6.27. The van der Waals surface area contributed by atoms with Gasteiger partial charge in [0.05, 0.1) is 19.1 Å². The van der Waals surface area contributed by atoms with Gasteiger partial charge in [0.2, 0.25) is 11.8 Å². The van der Waals surface area contributed by atoms with Crippen LogP contribution in [0.5, 0.6) is 5.75 Å². The highest BCUT2D eigenvalue weighted by atomic mass is 16.5. The SMILES string of the molecule is COc1ccc(NC(=O)CCNC(=O)/C=C/c2ccco2)c2cccnc12. The molecule has 0 bridgehead atoms. The standard InChI is InChI=1S/C20H19N3O4/c1-26-17-8-7-16(15-5-2-11-22-20(15)17)23-19(25)10-12-21-18(24)9-6-14-4-3-13-27-14/h2-9,11,13H,10,12H2,1H3,(H,21,24)(H,23,25)/b9-6+. The molecule has 0 spiro atoms. The number of carbonyl (C=O) groups is 2. The first kappa shape index (κ1) is 18.2. The maximum Gasteiger partial charge on any atom is 0.244 e. The van der Waals surface area contributed by atoms with E-state index in [-0.39, 0.29) is 24.8 Å². The van der Waals surface area contributed by atoms with Crippen molar-refractivity contribution in [2.75, 3.05) is 19.0 Å². The number of hydrogen-bond acceptors (Lipinski definition) is 5. The molecule has 27 heavy (non-hydrogen) atoms. The summed E-state index contributed by atoms with van der Waals surface area (Å²) in [5, 5.41) is 6.29. The second-order valence-electron chi connectivity index (χ2n) is 5.65. The van der Waals surface area contributed by atoms with Crippen molar-refractivity contribution in [1.29, 1.82) is 0 Å². The minimum atomic E-state index is -0.293. The Labute approximate surface area is 156 Å². The van der Waals surface area contributed by atoms with Crippen molar-refractivity contribution in [3.63, 3.8) is 0 Å². The summed E-state index contributed by atoms with van der Waals surface area (Å²) in [5.41, 5.74) is 1.32. The van der Waals surface area contributed by atoms with Gasteiger partial charge in [0.25, 0.3) is 0 Å². The van der Waals surface area contributed by atoms with E-state index in [1.54, 1.807) is 49.7 Å². The molecule has 7 heteroatoms. The van der Waals surface area contributed by atoms with Gasteiger partial charge in [0, 0.05) is 30.6 Å². The lowest BCUT2D eigenvalue weighted by Crippen LogP contribution is -2.26. The quantitative estimate of drug-likeness (QED) is 0.628. The van der Waals surface area contributed by atoms with Gasteiger partial charge in [-0.3, -0.25) is 14.6 Å². The van der Waals surface area contributed by atoms with Crippen molar-refractivity contribution < 1.29 is 18.7 Å². The van der Waals surface area contributed by atoms with Crippen LogP contribution in [0, 0.1) is 0 Å². The molecular formula is C20H19N3O4. The molecule has 0 unspecified atom stereocenters. The number of ether oxygens (including phenoxy) is 1. The molecule has 0 saturated heterocycles. The fraction of sp³-hybridized carbons (Fsp3) is 0.150. The number of amides is 2. The van der Waals surface area contributed by atoms with Crippen molar-refractivity contribution >= 4 is 34.5 Å². The summed E-state index contributed by atoms with van der Waals surface area (Å²) in [6.45, 7) is 0.222. The number of hydrogen-bond donors (Lipinski definition) is 2. The third kappa shape index (κ3) is 4.72. The van der Waals surface area contributed by atoms with Crippen LogP contribution in [0.2, 0.25) is 0 Å². The number of nitrogens with zero attached hydrogens (tertiary/aromatic N) is 1. The summed E-state index contributed by atoms with van der Waals surface area (Å²) in [6, 6.07) is 10.7. The van der Waals surface area contributed by atoms with Crippen LogP contribution in [-0.4, -0.2) is 30.5 Å². The van der Waals surface area contributed by atoms with E-state index in [4.69, 9.17) is 9.15 Å². The highest BCUT2D eigenvalue weighted by molar-refractivity contribution is 6.03. The second-order valence-corrected chi connectivity index (χ2v) is 5.65. The Morgan fingerprint density at radius 3 is 2.89 bits per heavy atom. The van der Waals surface area contributed by atoms with E-state index in [9.17, 15) is 9.59 Å². The first-order valence-electron chi connectivity index (χ1n) is 8.38. The Kier molecular flexibility index (Phi) is 5.84. The third-order valence-corrected chi connectivity index (χ3v) is 3.82. The van der Waals surface area contributed by atoms with Gasteiger partial charge in [0.1, 0.15) is 17.0 Å². The van der Waals surface area contributed by atoms with Crippen molar-refractivity contribution in [2.24, 2.45) is 0 Å². The van der Waals surface area contributed by atoms with Gasteiger partial charge in [-0.05, 0) is 42.5 Å². The maximum atomic E-state index is 12.2. The van der Waals surface area contributed by atoms with Gasteiger partial charge in [-0.2, -0.15) is 0 Å². The van der Waals surface area contributed by atoms with Crippen molar-refractivity contribution in [3.8, 4) is 5.75 Å². The van der Waals surface area contributed by atoms with Gasteiger partial charge in [-0.15, -0.1) is 0 Å². The monoisotopic (exact) mass is 365 g/mol. The minimum Gasteiger partial charge on any atom is -0.494 e. The molecule has 2 aromatic heterocycles. The number of benzene rings is 1. The smallest absolute Gasteiger partial charge is 0.244 e. The van der Waals surface area contributed by atoms with Crippen LogP contribution in [0.4, 0.5) is 5.69 Å². The Morgan fingerprint density at radius 1 is 1.22 bits per heavy atom. The van der Waals surface area contributed by atoms with Gasteiger partial charge >= 0.3 is 0 Å². The van der Waals surface area contributed by atoms with Crippen LogP contribution in [0.15, 0.2) is 59.4 Å². The zero-order valence-corrected chi connectivity index (χ0v) is 14.8. The lowest BCUT2D eigenvalue weighted by atomic mass is 10.1. The molecule has 0 fully saturated rings. The van der Waals surface area contributed by atoms with Crippen molar-refractivity contribution in [3.05, 3.63) is 60.7 Å². The van der Waals surface area contributed by atoms with Gasteiger partial charge < -0.3 is 19.8 Å². The van der Waals surface area contributed by atoms with Crippen molar-refractivity contribution in [2.45, 2.75) is 6.42 Å². The number of methoxy groups -OCH3 is 1. The largest absolute Gasteiger partial charge is 0.494 e. The summed E-state index contributed by atoms with van der Waals surface area (Å²) in [5.74, 6) is 0.723. The molecule has 2 heterocycles. The molecular weight excluding hydrogens is 346 g/mol. The van der Waals surface area contributed by atoms with E-state index in [2.05, 4.69) is 15.6 Å². The molecule has 0 aliphatic carbocycles. The Morgan fingerprint density at radius 2 is 2.11 bits per heavy atom. The predicted molar refractivity (Wildman–Crippen MR) is 102 cm³/mol. The molecule has 0 radical (unpaired) electrons. The molecule has 1 aromatic carbocycles. The average Bonchev–Trinajstić information content (AvgIpc) is 3.20. The Bertz CT molecular complexity index is 965. The normalized spacial score (nSPS) is 10.9. The molecule has 0 saturated carbocycles. The van der Waals surface area contributed by atoms with E-state index in [0.717, 1.165) is 5.39 Å². The fourth-order valence-corrected chi connectivity index (χ4v) is 2.54.